The SMILES string of the molecule is N#Cc1ccc(CSc2ccccc2C(=O)N2CCC(C(O)c3ccccc3)CC2)cc1. The van der Waals surface area contributed by atoms with Crippen molar-refractivity contribution < 1.29 is 9.90 Å². The van der Waals surface area contributed by atoms with Crippen LogP contribution in [-0.4, -0.2) is 29.0 Å². The number of thioether (sulfide) groups is 1. The molecule has 0 saturated carbocycles. The summed E-state index contributed by atoms with van der Waals surface area (Å²) >= 11 is 1.64. The number of likely N-dealkylation sites (tertiary alicyclic amines) is 1. The molecule has 1 N–H and O–H groups in total. The van der Waals surface area contributed by atoms with Crippen LogP contribution in [0.25, 0.3) is 0 Å². The molecule has 1 amide bonds. The average molecular weight is 443 g/mol. The van der Waals surface area contributed by atoms with Crippen molar-refractivity contribution >= 4 is 17.7 Å². The largest absolute Gasteiger partial charge is 0.388 e. The number of piperidine rings is 1. The Morgan fingerprint density at radius 1 is 1.00 bits per heavy atom. The molecule has 0 radical (unpaired) electrons. The number of hydrogen-bond acceptors (Lipinski definition) is 4. The van der Waals surface area contributed by atoms with E-state index in [4.69, 9.17) is 5.26 Å². The quantitative estimate of drug-likeness (QED) is 0.517. The van der Waals surface area contributed by atoms with Gasteiger partial charge in [-0.3, -0.25) is 4.79 Å². The van der Waals surface area contributed by atoms with Crippen molar-refractivity contribution in [2.75, 3.05) is 13.1 Å². The third kappa shape index (κ3) is 5.21. The summed E-state index contributed by atoms with van der Waals surface area (Å²) in [5, 5.41) is 19.7. The maximum absolute atomic E-state index is 13.3. The van der Waals surface area contributed by atoms with Crippen LogP contribution in [0.5, 0.6) is 0 Å². The van der Waals surface area contributed by atoms with Crippen LogP contribution in [0.3, 0.4) is 0 Å². The molecule has 32 heavy (non-hydrogen) atoms. The number of hydrogen-bond donors (Lipinski definition) is 1. The average Bonchev–Trinajstić information content (AvgIpc) is 2.87. The highest BCUT2D eigenvalue weighted by Crippen LogP contribution is 2.32. The van der Waals surface area contributed by atoms with E-state index in [1.807, 2.05) is 83.8 Å². The van der Waals surface area contributed by atoms with Crippen molar-refractivity contribution in [2.45, 2.75) is 29.6 Å². The third-order valence-electron chi connectivity index (χ3n) is 6.01. The zero-order valence-electron chi connectivity index (χ0n) is 17.9. The maximum Gasteiger partial charge on any atom is 0.254 e. The summed E-state index contributed by atoms with van der Waals surface area (Å²) in [7, 11) is 0. The summed E-state index contributed by atoms with van der Waals surface area (Å²) in [5.74, 6) is 0.962. The van der Waals surface area contributed by atoms with Gasteiger partial charge in [0, 0.05) is 23.7 Å². The molecular formula is C27H26N2O2S. The molecule has 1 atom stereocenters. The first kappa shape index (κ1) is 22.1. The number of nitrogens with zero attached hydrogens (tertiary/aromatic N) is 2. The van der Waals surface area contributed by atoms with Crippen LogP contribution >= 0.6 is 11.8 Å². The Labute approximate surface area is 193 Å². The van der Waals surface area contributed by atoms with Gasteiger partial charge in [0.15, 0.2) is 0 Å². The van der Waals surface area contributed by atoms with Gasteiger partial charge >= 0.3 is 0 Å². The van der Waals surface area contributed by atoms with Crippen molar-refractivity contribution in [3.63, 3.8) is 0 Å². The first-order chi connectivity index (χ1) is 15.7. The van der Waals surface area contributed by atoms with Gasteiger partial charge in [-0.05, 0) is 54.2 Å². The van der Waals surface area contributed by atoms with Gasteiger partial charge in [-0.2, -0.15) is 5.26 Å². The molecule has 1 fully saturated rings. The van der Waals surface area contributed by atoms with Gasteiger partial charge in [0.25, 0.3) is 5.91 Å². The van der Waals surface area contributed by atoms with E-state index in [0.29, 0.717) is 18.7 Å². The number of aliphatic hydroxyl groups is 1. The van der Waals surface area contributed by atoms with Crippen LogP contribution in [0.2, 0.25) is 0 Å². The Morgan fingerprint density at radius 3 is 2.34 bits per heavy atom. The molecule has 4 rings (SSSR count). The van der Waals surface area contributed by atoms with E-state index in [1.54, 1.807) is 11.8 Å². The topological polar surface area (TPSA) is 64.3 Å². The molecule has 1 unspecified atom stereocenters. The fraction of sp³-hybridized carbons (Fsp3) is 0.259. The van der Waals surface area contributed by atoms with Gasteiger partial charge in [0.05, 0.1) is 23.3 Å². The molecule has 0 bridgehead atoms. The minimum absolute atomic E-state index is 0.0561. The number of amides is 1. The number of rotatable bonds is 6. The second-order valence-corrected chi connectivity index (χ2v) is 9.10. The molecule has 1 aliphatic rings. The standard InChI is InChI=1S/C27H26N2O2S/c28-18-20-10-12-21(13-11-20)19-32-25-9-5-4-8-24(25)27(31)29-16-14-23(15-17-29)26(30)22-6-2-1-3-7-22/h1-13,23,26,30H,14-17,19H2. The number of aliphatic hydroxyl groups excluding tert-OH is 1. The fourth-order valence-corrected chi connectivity index (χ4v) is 5.12. The van der Waals surface area contributed by atoms with Crippen LogP contribution in [0.15, 0.2) is 83.8 Å². The van der Waals surface area contributed by atoms with Gasteiger partial charge in [-0.1, -0.05) is 54.6 Å². The molecule has 0 aromatic heterocycles. The normalized spacial score (nSPS) is 15.2. The Balaban J connectivity index is 1.38. The lowest BCUT2D eigenvalue weighted by molar-refractivity contribution is 0.0460. The summed E-state index contributed by atoms with van der Waals surface area (Å²) in [4.78, 5) is 16.2. The van der Waals surface area contributed by atoms with Gasteiger partial charge in [-0.25, -0.2) is 0 Å². The predicted octanol–water partition coefficient (Wildman–Crippen LogP) is 5.44. The number of benzene rings is 3. The summed E-state index contributed by atoms with van der Waals surface area (Å²) in [6.45, 7) is 1.31. The molecule has 1 aliphatic heterocycles. The highest BCUT2D eigenvalue weighted by molar-refractivity contribution is 7.98. The molecule has 5 heteroatoms. The van der Waals surface area contributed by atoms with Crippen molar-refractivity contribution in [1.82, 2.24) is 4.90 Å². The highest BCUT2D eigenvalue weighted by atomic mass is 32.2. The van der Waals surface area contributed by atoms with Crippen LogP contribution in [-0.2, 0) is 5.75 Å². The predicted molar refractivity (Wildman–Crippen MR) is 127 cm³/mol. The minimum Gasteiger partial charge on any atom is -0.388 e. The Bertz CT molecular complexity index is 1080. The second kappa shape index (κ2) is 10.5. The van der Waals surface area contributed by atoms with Crippen LogP contribution in [0.1, 0.15) is 46.0 Å². The molecule has 162 valence electrons. The Hall–Kier alpha value is -3.07. The number of carbonyl (C=O) groups excluding carboxylic acids is 1. The van der Waals surface area contributed by atoms with Crippen LogP contribution in [0.4, 0.5) is 0 Å². The monoisotopic (exact) mass is 442 g/mol. The fourth-order valence-electron chi connectivity index (χ4n) is 4.12. The van der Waals surface area contributed by atoms with E-state index in [1.165, 1.54) is 0 Å². The van der Waals surface area contributed by atoms with Gasteiger partial charge in [0.2, 0.25) is 0 Å². The zero-order valence-corrected chi connectivity index (χ0v) is 18.7. The summed E-state index contributed by atoms with van der Waals surface area (Å²) < 4.78 is 0. The summed E-state index contributed by atoms with van der Waals surface area (Å²) in [6, 6.07) is 27.2. The van der Waals surface area contributed by atoms with Gasteiger partial charge < -0.3 is 10.0 Å². The van der Waals surface area contributed by atoms with Gasteiger partial charge in [-0.15, -0.1) is 11.8 Å². The second-order valence-electron chi connectivity index (χ2n) is 8.08. The van der Waals surface area contributed by atoms with Crippen LogP contribution < -0.4 is 0 Å². The Kier molecular flexibility index (Phi) is 7.26. The molecule has 0 aliphatic carbocycles. The lowest BCUT2D eigenvalue weighted by Crippen LogP contribution is -2.40. The first-order valence-corrected chi connectivity index (χ1v) is 11.9. The van der Waals surface area contributed by atoms with E-state index in [2.05, 4.69) is 6.07 Å². The Morgan fingerprint density at radius 2 is 1.66 bits per heavy atom. The lowest BCUT2D eigenvalue weighted by Gasteiger charge is -2.34. The van der Waals surface area contributed by atoms with E-state index in [0.717, 1.165) is 40.2 Å². The number of carbonyl (C=O) groups is 1. The molecule has 3 aromatic rings. The van der Waals surface area contributed by atoms with E-state index < -0.39 is 6.10 Å². The highest BCUT2D eigenvalue weighted by Gasteiger charge is 2.29. The van der Waals surface area contributed by atoms with E-state index in [9.17, 15) is 9.90 Å². The summed E-state index contributed by atoms with van der Waals surface area (Å²) in [6.07, 6.45) is 1.11. The van der Waals surface area contributed by atoms with Crippen molar-refractivity contribution in [1.29, 1.82) is 5.26 Å². The minimum atomic E-state index is -0.483. The van der Waals surface area contributed by atoms with Crippen LogP contribution in [0, 0.1) is 17.2 Å². The molecule has 0 spiro atoms. The smallest absolute Gasteiger partial charge is 0.254 e. The molecule has 3 aromatic carbocycles. The van der Waals surface area contributed by atoms with Gasteiger partial charge in [0.1, 0.15) is 0 Å². The lowest BCUT2D eigenvalue weighted by atomic mass is 9.87. The number of nitriles is 1. The van der Waals surface area contributed by atoms with E-state index >= 15 is 0 Å². The van der Waals surface area contributed by atoms with Crippen molar-refractivity contribution in [3.05, 3.63) is 101 Å². The van der Waals surface area contributed by atoms with Crippen molar-refractivity contribution in [3.8, 4) is 6.07 Å². The molecule has 1 saturated heterocycles. The molecule has 4 nitrogen and oxygen atoms in total. The molecular weight excluding hydrogens is 416 g/mol. The third-order valence-corrected chi connectivity index (χ3v) is 7.15. The summed E-state index contributed by atoms with van der Waals surface area (Å²) in [5.41, 5.74) is 3.44. The maximum atomic E-state index is 13.3. The first-order valence-electron chi connectivity index (χ1n) is 10.9. The zero-order chi connectivity index (χ0) is 22.3. The molecule has 1 heterocycles. The van der Waals surface area contributed by atoms with E-state index in [-0.39, 0.29) is 11.8 Å². The van der Waals surface area contributed by atoms with Crippen molar-refractivity contribution in [2.24, 2.45) is 5.92 Å².